The Hall–Kier alpha value is -1.81. The maximum Gasteiger partial charge on any atom is 0.227 e. The summed E-state index contributed by atoms with van der Waals surface area (Å²) in [7, 11) is 1.98. The summed E-state index contributed by atoms with van der Waals surface area (Å²) >= 11 is 0. The molecule has 1 N–H and O–H groups in total. The molecule has 140 valence electrons. The van der Waals surface area contributed by atoms with Crippen LogP contribution in [0.1, 0.15) is 62.1 Å². The van der Waals surface area contributed by atoms with Crippen molar-refractivity contribution in [2.24, 2.45) is 0 Å². The molecule has 2 aromatic rings. The molecule has 2 aliphatic rings. The fraction of sp³-hybridized carbons (Fsp3) is 0.591. The van der Waals surface area contributed by atoms with Crippen LogP contribution in [0.25, 0.3) is 11.0 Å². The smallest absolute Gasteiger partial charge is 0.227 e. The minimum absolute atomic E-state index is 0.200. The van der Waals surface area contributed by atoms with Gasteiger partial charge in [-0.1, -0.05) is 13.8 Å². The second-order valence-electron chi connectivity index (χ2n) is 8.57. The number of nitrogens with zero attached hydrogens (tertiary/aromatic N) is 1. The standard InChI is InChI=1S/C22H30N2O2/c1-13(2)19-11-20-15(12-26-21(20)7-14(19)3)8-22(25)24(4)18-9-16-5-6-17(10-18)23-16/h7,11-13,16-18,23H,5-6,8-10H2,1-4H3. The molecule has 2 atom stereocenters. The number of piperidine rings is 1. The quantitative estimate of drug-likeness (QED) is 0.897. The van der Waals surface area contributed by atoms with Gasteiger partial charge in [0.2, 0.25) is 5.91 Å². The highest BCUT2D eigenvalue weighted by Crippen LogP contribution is 2.31. The molecule has 0 saturated carbocycles. The van der Waals surface area contributed by atoms with E-state index in [0.717, 1.165) is 29.4 Å². The van der Waals surface area contributed by atoms with Crippen molar-refractivity contribution in [1.82, 2.24) is 10.2 Å². The number of nitrogens with one attached hydrogen (secondary N) is 1. The summed E-state index contributed by atoms with van der Waals surface area (Å²) in [5.74, 6) is 0.663. The van der Waals surface area contributed by atoms with E-state index >= 15 is 0 Å². The van der Waals surface area contributed by atoms with Crippen LogP contribution in [0.2, 0.25) is 0 Å². The van der Waals surface area contributed by atoms with E-state index in [4.69, 9.17) is 4.42 Å². The highest BCUT2D eigenvalue weighted by molar-refractivity contribution is 5.88. The number of carbonyl (C=O) groups is 1. The van der Waals surface area contributed by atoms with Crippen molar-refractivity contribution in [3.63, 3.8) is 0 Å². The van der Waals surface area contributed by atoms with E-state index in [1.54, 1.807) is 6.26 Å². The molecule has 2 unspecified atom stereocenters. The number of hydrogen-bond acceptors (Lipinski definition) is 3. The zero-order chi connectivity index (χ0) is 18.4. The summed E-state index contributed by atoms with van der Waals surface area (Å²) in [5, 5.41) is 4.74. The zero-order valence-electron chi connectivity index (χ0n) is 16.3. The fourth-order valence-electron chi connectivity index (χ4n) is 4.84. The maximum absolute atomic E-state index is 12.9. The lowest BCUT2D eigenvalue weighted by atomic mass is 9.95. The van der Waals surface area contributed by atoms with Crippen LogP contribution >= 0.6 is 0 Å². The van der Waals surface area contributed by atoms with E-state index in [0.29, 0.717) is 30.5 Å². The van der Waals surface area contributed by atoms with Crippen molar-refractivity contribution in [1.29, 1.82) is 0 Å². The van der Waals surface area contributed by atoms with Gasteiger partial charge in [-0.3, -0.25) is 4.79 Å². The molecular weight excluding hydrogens is 324 g/mol. The first-order chi connectivity index (χ1) is 12.4. The van der Waals surface area contributed by atoms with Crippen LogP contribution in [0.5, 0.6) is 0 Å². The van der Waals surface area contributed by atoms with E-state index in [2.05, 4.69) is 38.2 Å². The van der Waals surface area contributed by atoms with Crippen molar-refractivity contribution in [3.8, 4) is 0 Å². The minimum Gasteiger partial charge on any atom is -0.464 e. The third kappa shape index (κ3) is 3.16. The Bertz CT molecular complexity index is 811. The number of amides is 1. The normalized spacial score (nSPS) is 25.2. The number of benzene rings is 1. The average molecular weight is 354 g/mol. The van der Waals surface area contributed by atoms with E-state index in [9.17, 15) is 4.79 Å². The van der Waals surface area contributed by atoms with Gasteiger partial charge < -0.3 is 14.6 Å². The van der Waals surface area contributed by atoms with Gasteiger partial charge in [0.1, 0.15) is 5.58 Å². The van der Waals surface area contributed by atoms with Gasteiger partial charge in [-0.25, -0.2) is 0 Å². The largest absolute Gasteiger partial charge is 0.464 e. The Labute approximate surface area is 155 Å². The van der Waals surface area contributed by atoms with Gasteiger partial charge >= 0.3 is 0 Å². The fourth-order valence-corrected chi connectivity index (χ4v) is 4.84. The zero-order valence-corrected chi connectivity index (χ0v) is 16.3. The molecule has 1 aromatic carbocycles. The second-order valence-corrected chi connectivity index (χ2v) is 8.57. The average Bonchev–Trinajstić information content (AvgIpc) is 3.15. The van der Waals surface area contributed by atoms with Crippen molar-refractivity contribution in [3.05, 3.63) is 35.1 Å². The summed E-state index contributed by atoms with van der Waals surface area (Å²) in [6.45, 7) is 6.54. The molecule has 0 radical (unpaired) electrons. The molecule has 4 rings (SSSR count). The number of carbonyl (C=O) groups excluding carboxylic acids is 1. The predicted molar refractivity (Wildman–Crippen MR) is 104 cm³/mol. The Balaban J connectivity index is 1.53. The molecule has 26 heavy (non-hydrogen) atoms. The molecule has 4 heteroatoms. The number of hydrogen-bond donors (Lipinski definition) is 1. The lowest BCUT2D eigenvalue weighted by Crippen LogP contribution is -2.49. The number of fused-ring (bicyclic) bond motifs is 3. The molecule has 2 saturated heterocycles. The third-order valence-electron chi connectivity index (χ3n) is 6.40. The first-order valence-electron chi connectivity index (χ1n) is 9.94. The Morgan fingerprint density at radius 1 is 1.27 bits per heavy atom. The number of likely N-dealkylation sites (N-methyl/N-ethyl adjacent to an activating group) is 1. The van der Waals surface area contributed by atoms with Crippen LogP contribution < -0.4 is 5.32 Å². The monoisotopic (exact) mass is 354 g/mol. The van der Waals surface area contributed by atoms with E-state index in [-0.39, 0.29) is 5.91 Å². The summed E-state index contributed by atoms with van der Waals surface area (Å²) in [4.78, 5) is 14.9. The molecule has 3 heterocycles. The van der Waals surface area contributed by atoms with Crippen molar-refractivity contribution >= 4 is 16.9 Å². The lowest BCUT2D eigenvalue weighted by molar-refractivity contribution is -0.131. The second kappa shape index (κ2) is 6.73. The Kier molecular flexibility index (Phi) is 4.55. The Morgan fingerprint density at radius 2 is 1.96 bits per heavy atom. The van der Waals surface area contributed by atoms with Crippen LogP contribution in [0, 0.1) is 6.92 Å². The van der Waals surface area contributed by atoms with E-state index in [1.807, 2.05) is 11.9 Å². The van der Waals surface area contributed by atoms with Crippen molar-refractivity contribution in [2.75, 3.05) is 7.05 Å². The predicted octanol–water partition coefficient (Wildman–Crippen LogP) is 4.15. The van der Waals surface area contributed by atoms with E-state index in [1.165, 1.54) is 24.0 Å². The first-order valence-corrected chi connectivity index (χ1v) is 9.94. The van der Waals surface area contributed by atoms with Gasteiger partial charge in [0.25, 0.3) is 0 Å². The Morgan fingerprint density at radius 3 is 2.62 bits per heavy atom. The van der Waals surface area contributed by atoms with Crippen LogP contribution in [0.3, 0.4) is 0 Å². The van der Waals surface area contributed by atoms with Gasteiger partial charge in [0, 0.05) is 36.1 Å². The van der Waals surface area contributed by atoms with Crippen LogP contribution in [0.4, 0.5) is 0 Å². The molecule has 4 nitrogen and oxygen atoms in total. The van der Waals surface area contributed by atoms with Gasteiger partial charge in [0.05, 0.1) is 12.7 Å². The number of rotatable bonds is 4. The van der Waals surface area contributed by atoms with Crippen LogP contribution in [0.15, 0.2) is 22.8 Å². The minimum atomic E-state index is 0.200. The van der Waals surface area contributed by atoms with Gasteiger partial charge in [-0.15, -0.1) is 0 Å². The third-order valence-corrected chi connectivity index (χ3v) is 6.40. The molecule has 2 bridgehead atoms. The SMILES string of the molecule is Cc1cc2occ(CC(=O)N(C)C3CC4CCC(C3)N4)c2cc1C(C)C. The molecule has 0 aliphatic carbocycles. The molecule has 1 aromatic heterocycles. The van der Waals surface area contributed by atoms with Gasteiger partial charge in [-0.2, -0.15) is 0 Å². The first kappa shape index (κ1) is 17.6. The van der Waals surface area contributed by atoms with Crippen molar-refractivity contribution < 1.29 is 9.21 Å². The summed E-state index contributed by atoms with van der Waals surface area (Å²) in [6.07, 6.45) is 6.87. The summed E-state index contributed by atoms with van der Waals surface area (Å²) in [5.41, 5.74) is 4.48. The number of furan rings is 1. The number of aryl methyl sites for hydroxylation is 1. The summed E-state index contributed by atoms with van der Waals surface area (Å²) < 4.78 is 5.75. The molecule has 1 amide bonds. The highest BCUT2D eigenvalue weighted by Gasteiger charge is 2.36. The molecule has 2 fully saturated rings. The molecule has 2 aliphatic heterocycles. The van der Waals surface area contributed by atoms with Crippen LogP contribution in [-0.4, -0.2) is 36.0 Å². The summed E-state index contributed by atoms with van der Waals surface area (Å²) in [6, 6.07) is 5.88. The maximum atomic E-state index is 12.9. The molecular formula is C22H30N2O2. The van der Waals surface area contributed by atoms with Crippen molar-refractivity contribution in [2.45, 2.75) is 76.9 Å². The van der Waals surface area contributed by atoms with E-state index < -0.39 is 0 Å². The molecule has 0 spiro atoms. The lowest BCUT2D eigenvalue weighted by Gasteiger charge is -2.35. The van der Waals surface area contributed by atoms with Gasteiger partial charge in [-0.05, 0) is 61.8 Å². The van der Waals surface area contributed by atoms with Gasteiger partial charge in [0.15, 0.2) is 0 Å². The topological polar surface area (TPSA) is 45.5 Å². The highest BCUT2D eigenvalue weighted by atomic mass is 16.3. The van der Waals surface area contributed by atoms with Crippen LogP contribution in [-0.2, 0) is 11.2 Å².